The van der Waals surface area contributed by atoms with Crippen LogP contribution in [0.25, 0.3) is 0 Å². The number of unbranched alkanes of at least 4 members (excludes halogenated alkanes) is 1. The molecule has 2 aromatic carbocycles. The first-order valence-electron chi connectivity index (χ1n) is 12.6. The number of aryl methyl sites for hydroxylation is 2. The topological polar surface area (TPSA) is 74.0 Å². The summed E-state index contributed by atoms with van der Waals surface area (Å²) in [5.41, 5.74) is 9.44. The highest BCUT2D eigenvalue weighted by Gasteiger charge is 2.37. The van der Waals surface area contributed by atoms with Crippen LogP contribution in [0.1, 0.15) is 59.6 Å². The molecule has 0 aliphatic heterocycles. The Labute approximate surface area is 224 Å². The minimum Gasteiger partial charge on any atom is -0.368 e. The molecule has 12 heteroatoms. The van der Waals surface area contributed by atoms with E-state index in [9.17, 15) is 31.1 Å². The van der Waals surface area contributed by atoms with E-state index in [4.69, 9.17) is 5.73 Å². The highest BCUT2D eigenvalue weighted by atomic mass is 19.4. The highest BCUT2D eigenvalue weighted by molar-refractivity contribution is 5.80. The van der Waals surface area contributed by atoms with E-state index in [1.165, 1.54) is 11.9 Å². The molecular formula is C27H35F6N5O. The fourth-order valence-corrected chi connectivity index (χ4v) is 4.32. The lowest BCUT2D eigenvalue weighted by Gasteiger charge is -2.26. The van der Waals surface area contributed by atoms with Crippen LogP contribution in [0.2, 0.25) is 0 Å². The standard InChI is InChI=1S/C27H35F6N5O/c1-5-8-21-10-9-18(2)19(3)24(21)38(17-39)12-7-6-11-37(25(34)36-35-4)16-20-13-22(26(28,29)30)15-23(14-20)27(31,32)33/h9-10,13-15,17,35H,5-8,11-12,16H2,1-4H3,(H2,34,36). The summed E-state index contributed by atoms with van der Waals surface area (Å²) in [6.45, 7) is 6.23. The van der Waals surface area contributed by atoms with Crippen molar-refractivity contribution in [2.24, 2.45) is 10.8 Å². The smallest absolute Gasteiger partial charge is 0.368 e. The van der Waals surface area contributed by atoms with Crippen molar-refractivity contribution in [2.45, 2.75) is 65.4 Å². The SMILES string of the molecule is CCCc1ccc(C)c(C)c1N(C=O)CCCCN(Cc1cc(C(F)(F)F)cc(C(F)(F)F)c1)/C(N)=N/NC. The molecule has 0 saturated heterocycles. The Morgan fingerprint density at radius 1 is 1.00 bits per heavy atom. The Morgan fingerprint density at radius 3 is 2.10 bits per heavy atom. The van der Waals surface area contributed by atoms with Crippen LogP contribution in [-0.4, -0.2) is 37.4 Å². The highest BCUT2D eigenvalue weighted by Crippen LogP contribution is 2.36. The second-order valence-corrected chi connectivity index (χ2v) is 9.30. The second kappa shape index (κ2) is 13.6. The number of hydrazone groups is 1. The summed E-state index contributed by atoms with van der Waals surface area (Å²) in [5, 5.41) is 3.85. The molecule has 0 radical (unpaired) electrons. The number of anilines is 1. The zero-order valence-electron chi connectivity index (χ0n) is 22.5. The number of nitrogens with two attached hydrogens (primary N) is 1. The fourth-order valence-electron chi connectivity index (χ4n) is 4.32. The van der Waals surface area contributed by atoms with E-state index < -0.39 is 23.5 Å². The van der Waals surface area contributed by atoms with E-state index in [1.807, 2.05) is 26.0 Å². The number of nitrogens with one attached hydrogen (secondary N) is 1. The van der Waals surface area contributed by atoms with Crippen LogP contribution in [0.5, 0.6) is 0 Å². The minimum atomic E-state index is -4.95. The van der Waals surface area contributed by atoms with Crippen molar-refractivity contribution in [1.82, 2.24) is 10.3 Å². The molecule has 1 amide bonds. The molecule has 39 heavy (non-hydrogen) atoms. The number of carbonyl (C=O) groups excluding carboxylic acids is 1. The average molecular weight is 560 g/mol. The number of rotatable bonds is 12. The summed E-state index contributed by atoms with van der Waals surface area (Å²) in [4.78, 5) is 15.0. The Balaban J connectivity index is 2.23. The number of hydrogen-bond donors (Lipinski definition) is 2. The van der Waals surface area contributed by atoms with Crippen molar-refractivity contribution < 1.29 is 31.1 Å². The van der Waals surface area contributed by atoms with E-state index in [2.05, 4.69) is 17.5 Å². The lowest BCUT2D eigenvalue weighted by atomic mass is 9.99. The summed E-state index contributed by atoms with van der Waals surface area (Å²) in [5.74, 6) is -0.0875. The van der Waals surface area contributed by atoms with E-state index in [-0.39, 0.29) is 30.7 Å². The second-order valence-electron chi connectivity index (χ2n) is 9.30. The molecule has 0 fully saturated rings. The van der Waals surface area contributed by atoms with Gasteiger partial charge in [0.15, 0.2) is 0 Å². The molecule has 0 saturated carbocycles. The van der Waals surface area contributed by atoms with E-state index in [0.717, 1.165) is 41.6 Å². The first-order chi connectivity index (χ1) is 18.2. The predicted molar refractivity (Wildman–Crippen MR) is 140 cm³/mol. The lowest BCUT2D eigenvalue weighted by Crippen LogP contribution is -2.39. The van der Waals surface area contributed by atoms with Gasteiger partial charge in [0.05, 0.1) is 11.1 Å². The molecule has 0 aromatic heterocycles. The van der Waals surface area contributed by atoms with Gasteiger partial charge in [-0.2, -0.15) is 26.3 Å². The van der Waals surface area contributed by atoms with Gasteiger partial charge in [-0.1, -0.05) is 25.5 Å². The molecule has 0 bridgehead atoms. The molecule has 0 heterocycles. The average Bonchev–Trinajstić information content (AvgIpc) is 2.85. The predicted octanol–water partition coefficient (Wildman–Crippen LogP) is 5.99. The van der Waals surface area contributed by atoms with Crippen LogP contribution in [0.3, 0.4) is 0 Å². The fraction of sp³-hybridized carbons (Fsp3) is 0.481. The van der Waals surface area contributed by atoms with Gasteiger partial charge in [-0.3, -0.25) is 4.79 Å². The maximum absolute atomic E-state index is 13.3. The van der Waals surface area contributed by atoms with Crippen molar-refractivity contribution in [3.63, 3.8) is 0 Å². The molecule has 0 aliphatic rings. The summed E-state index contributed by atoms with van der Waals surface area (Å²) in [6, 6.07) is 5.48. The summed E-state index contributed by atoms with van der Waals surface area (Å²) >= 11 is 0. The number of amides is 1. The molecule has 2 rings (SSSR count). The number of halogens is 6. The quantitative estimate of drug-likeness (QED) is 0.0837. The molecule has 3 N–H and O–H groups in total. The van der Waals surface area contributed by atoms with Crippen LogP contribution in [-0.2, 0) is 30.1 Å². The Morgan fingerprint density at radius 2 is 1.59 bits per heavy atom. The third-order valence-corrected chi connectivity index (χ3v) is 6.37. The molecule has 0 unspecified atom stereocenters. The Bertz CT molecular complexity index is 1110. The normalized spacial score (nSPS) is 12.4. The van der Waals surface area contributed by atoms with Gasteiger partial charge in [0.25, 0.3) is 0 Å². The zero-order chi connectivity index (χ0) is 29.4. The maximum Gasteiger partial charge on any atom is 0.416 e. The van der Waals surface area contributed by atoms with Gasteiger partial charge in [0, 0.05) is 32.4 Å². The monoisotopic (exact) mass is 559 g/mol. The van der Waals surface area contributed by atoms with Crippen LogP contribution in [0, 0.1) is 13.8 Å². The zero-order valence-corrected chi connectivity index (χ0v) is 22.5. The van der Waals surface area contributed by atoms with Gasteiger partial charge in [-0.25, -0.2) is 0 Å². The molecule has 216 valence electrons. The van der Waals surface area contributed by atoms with Gasteiger partial charge in [0.2, 0.25) is 12.4 Å². The Hall–Kier alpha value is -3.44. The first-order valence-corrected chi connectivity index (χ1v) is 12.6. The number of hydrogen-bond acceptors (Lipinski definition) is 3. The van der Waals surface area contributed by atoms with Crippen LogP contribution in [0.15, 0.2) is 35.4 Å². The number of alkyl halides is 6. The van der Waals surface area contributed by atoms with Crippen molar-refractivity contribution in [3.05, 3.63) is 63.7 Å². The lowest BCUT2D eigenvalue weighted by molar-refractivity contribution is -0.143. The van der Waals surface area contributed by atoms with Crippen LogP contribution in [0.4, 0.5) is 32.0 Å². The largest absolute Gasteiger partial charge is 0.416 e. The number of guanidine groups is 1. The van der Waals surface area contributed by atoms with Crippen LogP contribution >= 0.6 is 0 Å². The van der Waals surface area contributed by atoms with Crippen molar-refractivity contribution >= 4 is 18.1 Å². The summed E-state index contributed by atoms with van der Waals surface area (Å²) in [7, 11) is 1.47. The van der Waals surface area contributed by atoms with E-state index >= 15 is 0 Å². The van der Waals surface area contributed by atoms with Gasteiger partial charge in [0.1, 0.15) is 0 Å². The van der Waals surface area contributed by atoms with Gasteiger partial charge in [-0.15, -0.1) is 5.10 Å². The maximum atomic E-state index is 13.3. The Kier molecular flexibility index (Phi) is 11.1. The third kappa shape index (κ3) is 8.79. The van der Waals surface area contributed by atoms with Crippen molar-refractivity contribution in [2.75, 3.05) is 25.0 Å². The molecule has 0 spiro atoms. The van der Waals surface area contributed by atoms with Gasteiger partial charge < -0.3 is 21.0 Å². The summed E-state index contributed by atoms with van der Waals surface area (Å²) in [6.07, 6.45) is -6.45. The molecule has 2 aromatic rings. The third-order valence-electron chi connectivity index (χ3n) is 6.37. The number of carbonyl (C=O) groups is 1. The molecule has 6 nitrogen and oxygen atoms in total. The van der Waals surface area contributed by atoms with Gasteiger partial charge >= 0.3 is 12.4 Å². The first kappa shape index (κ1) is 31.8. The summed E-state index contributed by atoms with van der Waals surface area (Å²) < 4.78 is 79.8. The van der Waals surface area contributed by atoms with E-state index in [0.29, 0.717) is 31.5 Å². The molecule has 0 atom stereocenters. The molecule has 0 aliphatic carbocycles. The van der Waals surface area contributed by atoms with Crippen molar-refractivity contribution in [1.29, 1.82) is 0 Å². The van der Waals surface area contributed by atoms with Gasteiger partial charge in [-0.05, 0) is 73.6 Å². The number of benzene rings is 2. The molecular weight excluding hydrogens is 524 g/mol. The van der Waals surface area contributed by atoms with Crippen LogP contribution < -0.4 is 16.1 Å². The number of nitrogens with zero attached hydrogens (tertiary/aromatic N) is 3. The minimum absolute atomic E-state index is 0.0875. The van der Waals surface area contributed by atoms with Crippen molar-refractivity contribution in [3.8, 4) is 0 Å². The van der Waals surface area contributed by atoms with E-state index in [1.54, 1.807) is 4.90 Å².